The second-order valence-corrected chi connectivity index (χ2v) is 5.02. The molecule has 0 fully saturated rings. The summed E-state index contributed by atoms with van der Waals surface area (Å²) >= 11 is 1.24. The summed E-state index contributed by atoms with van der Waals surface area (Å²) in [7, 11) is 1.54. The van der Waals surface area contributed by atoms with Crippen molar-refractivity contribution in [2.24, 2.45) is 0 Å². The van der Waals surface area contributed by atoms with Gasteiger partial charge in [0.25, 0.3) is 5.91 Å². The standard InChI is InChI=1S/C14H15N3O3S/c1-3-13(18)16-10-5-4-9(20-2)6-11(10)17-14(19)12-7-15-8-21-12/h4-8H,3H2,1-2H3,(H,16,18)(H,17,19). The van der Waals surface area contributed by atoms with Gasteiger partial charge in [-0.3, -0.25) is 14.6 Å². The zero-order valence-corrected chi connectivity index (χ0v) is 12.5. The highest BCUT2D eigenvalue weighted by molar-refractivity contribution is 7.11. The van der Waals surface area contributed by atoms with Crippen molar-refractivity contribution in [1.29, 1.82) is 0 Å². The number of aromatic nitrogens is 1. The highest BCUT2D eigenvalue weighted by Crippen LogP contribution is 2.28. The van der Waals surface area contributed by atoms with Crippen LogP contribution in [0, 0.1) is 0 Å². The minimum Gasteiger partial charge on any atom is -0.497 e. The Labute approximate surface area is 126 Å². The highest BCUT2D eigenvalue weighted by atomic mass is 32.1. The first-order chi connectivity index (χ1) is 10.1. The smallest absolute Gasteiger partial charge is 0.267 e. The molecule has 6 nitrogen and oxygen atoms in total. The molecule has 2 aromatic rings. The molecule has 0 atom stereocenters. The molecular formula is C14H15N3O3S. The van der Waals surface area contributed by atoms with Gasteiger partial charge in [0.15, 0.2) is 0 Å². The van der Waals surface area contributed by atoms with Crippen LogP contribution >= 0.6 is 11.3 Å². The molecule has 0 aliphatic heterocycles. The molecule has 7 heteroatoms. The van der Waals surface area contributed by atoms with Crippen LogP contribution in [0.25, 0.3) is 0 Å². The van der Waals surface area contributed by atoms with E-state index in [2.05, 4.69) is 15.6 Å². The van der Waals surface area contributed by atoms with E-state index in [1.54, 1.807) is 30.6 Å². The number of anilines is 2. The van der Waals surface area contributed by atoms with E-state index < -0.39 is 0 Å². The van der Waals surface area contributed by atoms with E-state index in [-0.39, 0.29) is 11.8 Å². The maximum atomic E-state index is 12.1. The third-order valence-corrected chi connectivity index (χ3v) is 3.50. The van der Waals surface area contributed by atoms with Crippen LogP contribution in [0.4, 0.5) is 11.4 Å². The van der Waals surface area contributed by atoms with Crippen molar-refractivity contribution in [3.05, 3.63) is 34.8 Å². The largest absolute Gasteiger partial charge is 0.497 e. The molecule has 0 unspecified atom stereocenters. The van der Waals surface area contributed by atoms with E-state index in [9.17, 15) is 9.59 Å². The molecule has 0 saturated heterocycles. The lowest BCUT2D eigenvalue weighted by atomic mass is 10.2. The van der Waals surface area contributed by atoms with Gasteiger partial charge in [-0.15, -0.1) is 11.3 Å². The second-order valence-electron chi connectivity index (χ2n) is 4.13. The quantitative estimate of drug-likeness (QED) is 0.890. The number of methoxy groups -OCH3 is 1. The SMILES string of the molecule is CCC(=O)Nc1ccc(OC)cc1NC(=O)c1cncs1. The number of thiazole rings is 1. The number of carbonyl (C=O) groups excluding carboxylic acids is 2. The first-order valence-electron chi connectivity index (χ1n) is 6.31. The van der Waals surface area contributed by atoms with Crippen LogP contribution < -0.4 is 15.4 Å². The summed E-state index contributed by atoms with van der Waals surface area (Å²) in [6, 6.07) is 5.06. The molecule has 0 aliphatic carbocycles. The van der Waals surface area contributed by atoms with Crippen molar-refractivity contribution in [1.82, 2.24) is 4.98 Å². The Morgan fingerprint density at radius 3 is 2.71 bits per heavy atom. The van der Waals surface area contributed by atoms with Gasteiger partial charge >= 0.3 is 0 Å². The molecular weight excluding hydrogens is 290 g/mol. The van der Waals surface area contributed by atoms with Gasteiger partial charge in [0.2, 0.25) is 5.91 Å². The van der Waals surface area contributed by atoms with E-state index in [4.69, 9.17) is 4.74 Å². The van der Waals surface area contributed by atoms with Crippen molar-refractivity contribution in [2.75, 3.05) is 17.7 Å². The fraction of sp³-hybridized carbons (Fsp3) is 0.214. The van der Waals surface area contributed by atoms with E-state index >= 15 is 0 Å². The van der Waals surface area contributed by atoms with E-state index in [0.717, 1.165) is 0 Å². The highest BCUT2D eigenvalue weighted by Gasteiger charge is 2.13. The van der Waals surface area contributed by atoms with Crippen LogP contribution in [0.5, 0.6) is 5.75 Å². The zero-order chi connectivity index (χ0) is 15.2. The first kappa shape index (κ1) is 15.0. The van der Waals surface area contributed by atoms with Gasteiger partial charge < -0.3 is 15.4 Å². The molecule has 1 aromatic heterocycles. The van der Waals surface area contributed by atoms with Crippen LogP contribution in [-0.2, 0) is 4.79 Å². The maximum absolute atomic E-state index is 12.1. The van der Waals surface area contributed by atoms with E-state index in [1.165, 1.54) is 24.6 Å². The summed E-state index contributed by atoms with van der Waals surface area (Å²) in [6.45, 7) is 1.76. The second kappa shape index (κ2) is 6.85. The fourth-order valence-corrected chi connectivity index (χ4v) is 2.13. The number of hydrogen-bond acceptors (Lipinski definition) is 5. The third kappa shape index (κ3) is 3.79. The van der Waals surface area contributed by atoms with Crippen molar-refractivity contribution in [3.63, 3.8) is 0 Å². The molecule has 2 rings (SSSR count). The molecule has 110 valence electrons. The number of benzene rings is 1. The van der Waals surface area contributed by atoms with Crippen molar-refractivity contribution in [3.8, 4) is 5.75 Å². The number of nitrogens with one attached hydrogen (secondary N) is 2. The van der Waals surface area contributed by atoms with Gasteiger partial charge in [-0.05, 0) is 12.1 Å². The summed E-state index contributed by atoms with van der Waals surface area (Å²) in [5.74, 6) is 0.176. The average molecular weight is 305 g/mol. The number of rotatable bonds is 5. The summed E-state index contributed by atoms with van der Waals surface area (Å²) < 4.78 is 5.14. The molecule has 1 aromatic carbocycles. The summed E-state index contributed by atoms with van der Waals surface area (Å²) in [4.78, 5) is 28.0. The lowest BCUT2D eigenvalue weighted by Crippen LogP contribution is -2.15. The van der Waals surface area contributed by atoms with Gasteiger partial charge in [0.05, 0.1) is 30.2 Å². The number of nitrogens with zero attached hydrogens (tertiary/aromatic N) is 1. The monoisotopic (exact) mass is 305 g/mol. The van der Waals surface area contributed by atoms with E-state index in [0.29, 0.717) is 28.4 Å². The molecule has 2 amide bonds. The van der Waals surface area contributed by atoms with E-state index in [1.807, 2.05) is 0 Å². The van der Waals surface area contributed by atoms with Crippen LogP contribution in [0.2, 0.25) is 0 Å². The lowest BCUT2D eigenvalue weighted by molar-refractivity contribution is -0.115. The molecule has 0 saturated carbocycles. The molecule has 0 aliphatic rings. The lowest BCUT2D eigenvalue weighted by Gasteiger charge is -2.13. The van der Waals surface area contributed by atoms with Gasteiger partial charge in [-0.1, -0.05) is 6.92 Å². The Hall–Kier alpha value is -2.41. The minimum atomic E-state index is -0.280. The molecule has 0 bridgehead atoms. The number of ether oxygens (including phenoxy) is 1. The van der Waals surface area contributed by atoms with Crippen LogP contribution in [-0.4, -0.2) is 23.9 Å². The van der Waals surface area contributed by atoms with Crippen LogP contribution in [0.15, 0.2) is 29.9 Å². The fourth-order valence-electron chi connectivity index (χ4n) is 1.61. The average Bonchev–Trinajstić information content (AvgIpc) is 3.03. The maximum Gasteiger partial charge on any atom is 0.267 e. The Kier molecular flexibility index (Phi) is 4.89. The molecule has 1 heterocycles. The van der Waals surface area contributed by atoms with Crippen molar-refractivity contribution >= 4 is 34.5 Å². The first-order valence-corrected chi connectivity index (χ1v) is 7.19. The topological polar surface area (TPSA) is 80.3 Å². The molecule has 0 radical (unpaired) electrons. The molecule has 0 spiro atoms. The van der Waals surface area contributed by atoms with Gasteiger partial charge in [0, 0.05) is 12.5 Å². The van der Waals surface area contributed by atoms with Crippen LogP contribution in [0.1, 0.15) is 23.0 Å². The summed E-state index contributed by atoms with van der Waals surface area (Å²) in [6.07, 6.45) is 1.85. The van der Waals surface area contributed by atoms with Crippen LogP contribution in [0.3, 0.4) is 0 Å². The predicted octanol–water partition coefficient (Wildman–Crippen LogP) is 2.75. The number of carbonyl (C=O) groups is 2. The zero-order valence-electron chi connectivity index (χ0n) is 11.7. The summed E-state index contributed by atoms with van der Waals surface area (Å²) in [5.41, 5.74) is 2.59. The Morgan fingerprint density at radius 2 is 2.10 bits per heavy atom. The summed E-state index contributed by atoms with van der Waals surface area (Å²) in [5, 5.41) is 5.49. The van der Waals surface area contributed by atoms with Gasteiger partial charge in [-0.25, -0.2) is 0 Å². The normalized spacial score (nSPS) is 10.0. The van der Waals surface area contributed by atoms with Gasteiger partial charge in [-0.2, -0.15) is 0 Å². The Balaban J connectivity index is 2.26. The van der Waals surface area contributed by atoms with Crippen molar-refractivity contribution in [2.45, 2.75) is 13.3 Å². The number of hydrogen-bond donors (Lipinski definition) is 2. The van der Waals surface area contributed by atoms with Crippen molar-refractivity contribution < 1.29 is 14.3 Å². The Bertz CT molecular complexity index is 641. The third-order valence-electron chi connectivity index (χ3n) is 2.73. The molecule has 2 N–H and O–H groups in total. The Morgan fingerprint density at radius 1 is 1.29 bits per heavy atom. The number of amides is 2. The predicted molar refractivity (Wildman–Crippen MR) is 82.0 cm³/mol. The molecule has 21 heavy (non-hydrogen) atoms. The minimum absolute atomic E-state index is 0.131. The van der Waals surface area contributed by atoms with Gasteiger partial charge in [0.1, 0.15) is 10.6 Å².